The Balaban J connectivity index is 0.000000980. The summed E-state index contributed by atoms with van der Waals surface area (Å²) in [5.74, 6) is 0. The Hall–Kier alpha value is -0.369. The van der Waals surface area contributed by atoms with Crippen molar-refractivity contribution in [2.75, 3.05) is 0 Å². The Labute approximate surface area is 102 Å². The molecule has 0 bridgehead atoms. The van der Waals surface area contributed by atoms with Crippen molar-refractivity contribution in [1.82, 2.24) is 0 Å². The fraction of sp³-hybridized carbons (Fsp3) is 0.167. The van der Waals surface area contributed by atoms with Crippen molar-refractivity contribution < 1.29 is 21.7 Å². The molecule has 1 atom stereocenters. The van der Waals surface area contributed by atoms with Crippen LogP contribution in [-0.2, 0) is 21.7 Å². The molecule has 2 rings (SSSR count). The van der Waals surface area contributed by atoms with Crippen LogP contribution >= 0.6 is 0 Å². The van der Waals surface area contributed by atoms with Crippen LogP contribution in [0.3, 0.4) is 0 Å². The van der Waals surface area contributed by atoms with E-state index >= 15 is 0 Å². The average Bonchev–Trinajstić information content (AvgIpc) is 2.71. The third kappa shape index (κ3) is 2.57. The minimum absolute atomic E-state index is 0. The van der Waals surface area contributed by atoms with Crippen molar-refractivity contribution in [3.8, 4) is 0 Å². The molecule has 0 fully saturated rings. The average molecular weight is 234 g/mol. The summed E-state index contributed by atoms with van der Waals surface area (Å²) in [6.07, 6.45) is 8.97. The van der Waals surface area contributed by atoms with Crippen molar-refractivity contribution >= 4 is 14.0 Å². The van der Waals surface area contributed by atoms with E-state index in [0.717, 1.165) is 5.54 Å². The van der Waals surface area contributed by atoms with Crippen molar-refractivity contribution in [2.24, 2.45) is 0 Å². The zero-order valence-corrected chi connectivity index (χ0v) is 11.1. The zero-order valence-electron chi connectivity index (χ0n) is 8.35. The maximum absolute atomic E-state index is 2.42. The van der Waals surface area contributed by atoms with E-state index in [2.05, 4.69) is 61.2 Å². The molecule has 0 amide bonds. The molecule has 0 N–H and O–H groups in total. The summed E-state index contributed by atoms with van der Waals surface area (Å²) in [6.45, 7) is 2.42. The van der Waals surface area contributed by atoms with Crippen LogP contribution in [-0.4, -0.2) is 8.80 Å². The standard InChI is InChI=1S/C12H14Si.Ti/c1-13(12-9-5-6-10-12)11-7-3-2-4-8-11;/h2-10,12-13H,1H3;/q;+4. The topological polar surface area (TPSA) is 0 Å². The second-order valence-electron chi connectivity index (χ2n) is 3.55. The summed E-state index contributed by atoms with van der Waals surface area (Å²) in [7, 11) is -0.787. The van der Waals surface area contributed by atoms with Gasteiger partial charge in [0, 0.05) is 0 Å². The van der Waals surface area contributed by atoms with Gasteiger partial charge >= 0.3 is 21.7 Å². The molecule has 0 aliphatic heterocycles. The molecular formula is C12H14SiTi+4. The molecule has 0 aromatic heterocycles. The molecule has 2 heteroatoms. The molecule has 66 valence electrons. The van der Waals surface area contributed by atoms with Gasteiger partial charge in [-0.25, -0.2) is 0 Å². The van der Waals surface area contributed by atoms with Crippen LogP contribution < -0.4 is 5.19 Å². The third-order valence-electron chi connectivity index (χ3n) is 2.68. The van der Waals surface area contributed by atoms with Crippen LogP contribution in [0.4, 0.5) is 0 Å². The second-order valence-corrected chi connectivity index (χ2v) is 6.56. The predicted molar refractivity (Wildman–Crippen MR) is 61.1 cm³/mol. The first-order chi connectivity index (χ1) is 6.38. The summed E-state index contributed by atoms with van der Waals surface area (Å²) in [6, 6.07) is 10.9. The molecule has 1 unspecified atom stereocenters. The largest absolute Gasteiger partial charge is 4.00 e. The van der Waals surface area contributed by atoms with E-state index in [0.29, 0.717) is 0 Å². The van der Waals surface area contributed by atoms with Crippen LogP contribution in [0.25, 0.3) is 0 Å². The molecule has 0 nitrogen and oxygen atoms in total. The SMILES string of the molecule is C[SiH](c1ccccc1)C1C=CC=C1.[Ti+4]. The van der Waals surface area contributed by atoms with Crippen LogP contribution in [0.2, 0.25) is 12.1 Å². The van der Waals surface area contributed by atoms with Gasteiger partial charge in [0.1, 0.15) is 0 Å². The van der Waals surface area contributed by atoms with E-state index in [9.17, 15) is 0 Å². The minimum Gasteiger partial charge on any atom is -0.0803 e. The van der Waals surface area contributed by atoms with E-state index in [4.69, 9.17) is 0 Å². The van der Waals surface area contributed by atoms with Gasteiger partial charge in [-0.15, -0.1) is 0 Å². The molecule has 1 aromatic carbocycles. The van der Waals surface area contributed by atoms with E-state index in [1.807, 2.05) is 0 Å². The van der Waals surface area contributed by atoms with Gasteiger partial charge in [0.25, 0.3) is 0 Å². The molecule has 0 saturated carbocycles. The Kier molecular flexibility index (Phi) is 4.60. The van der Waals surface area contributed by atoms with Gasteiger partial charge in [-0.1, -0.05) is 66.4 Å². The van der Waals surface area contributed by atoms with Gasteiger partial charge in [0.05, 0.1) is 8.80 Å². The smallest absolute Gasteiger partial charge is 0.0803 e. The van der Waals surface area contributed by atoms with Gasteiger partial charge < -0.3 is 0 Å². The van der Waals surface area contributed by atoms with Crippen molar-refractivity contribution in [1.29, 1.82) is 0 Å². The van der Waals surface area contributed by atoms with Gasteiger partial charge in [0.2, 0.25) is 0 Å². The Bertz CT molecular complexity index is 317. The van der Waals surface area contributed by atoms with Gasteiger partial charge in [-0.2, -0.15) is 0 Å². The minimum atomic E-state index is -0.787. The first kappa shape index (κ1) is 11.7. The number of allylic oxidation sites excluding steroid dienone is 4. The van der Waals surface area contributed by atoms with Crippen LogP contribution in [0.5, 0.6) is 0 Å². The fourth-order valence-electron chi connectivity index (χ4n) is 1.76. The predicted octanol–water partition coefficient (Wildman–Crippen LogP) is 2.24. The molecule has 0 spiro atoms. The Morgan fingerprint density at radius 1 is 1.00 bits per heavy atom. The van der Waals surface area contributed by atoms with Crippen molar-refractivity contribution in [3.05, 3.63) is 54.6 Å². The first-order valence-electron chi connectivity index (χ1n) is 4.78. The van der Waals surface area contributed by atoms with Crippen LogP contribution in [0, 0.1) is 0 Å². The number of hydrogen-bond acceptors (Lipinski definition) is 0. The van der Waals surface area contributed by atoms with Gasteiger partial charge in [-0.3, -0.25) is 0 Å². The van der Waals surface area contributed by atoms with Crippen molar-refractivity contribution in [3.63, 3.8) is 0 Å². The molecule has 14 heavy (non-hydrogen) atoms. The monoisotopic (exact) mass is 234 g/mol. The van der Waals surface area contributed by atoms with Crippen molar-refractivity contribution in [2.45, 2.75) is 12.1 Å². The van der Waals surface area contributed by atoms with Crippen LogP contribution in [0.15, 0.2) is 54.6 Å². The number of rotatable bonds is 2. The first-order valence-corrected chi connectivity index (χ1v) is 7.18. The molecule has 1 aliphatic rings. The molecular weight excluding hydrogens is 220 g/mol. The number of hydrogen-bond donors (Lipinski definition) is 0. The quantitative estimate of drug-likeness (QED) is 0.688. The molecule has 1 aromatic rings. The molecule has 0 radical (unpaired) electrons. The summed E-state index contributed by atoms with van der Waals surface area (Å²) in [4.78, 5) is 0. The summed E-state index contributed by atoms with van der Waals surface area (Å²) < 4.78 is 0. The van der Waals surface area contributed by atoms with E-state index in [1.54, 1.807) is 5.19 Å². The maximum Gasteiger partial charge on any atom is 4.00 e. The van der Waals surface area contributed by atoms with Gasteiger partial charge in [-0.05, 0) is 5.54 Å². The summed E-state index contributed by atoms with van der Waals surface area (Å²) in [5, 5.41) is 1.56. The molecule has 0 heterocycles. The zero-order chi connectivity index (χ0) is 9.10. The third-order valence-corrected chi connectivity index (χ3v) is 5.72. The van der Waals surface area contributed by atoms with Crippen LogP contribution in [0.1, 0.15) is 0 Å². The Morgan fingerprint density at radius 3 is 2.14 bits per heavy atom. The van der Waals surface area contributed by atoms with E-state index in [1.165, 1.54) is 0 Å². The summed E-state index contributed by atoms with van der Waals surface area (Å²) >= 11 is 0. The Morgan fingerprint density at radius 2 is 1.57 bits per heavy atom. The van der Waals surface area contributed by atoms with E-state index in [-0.39, 0.29) is 21.7 Å². The second kappa shape index (κ2) is 5.50. The summed E-state index contributed by atoms with van der Waals surface area (Å²) in [5.41, 5.74) is 0.724. The normalized spacial score (nSPS) is 16.6. The van der Waals surface area contributed by atoms with Gasteiger partial charge in [0.15, 0.2) is 0 Å². The number of benzene rings is 1. The van der Waals surface area contributed by atoms with E-state index < -0.39 is 8.80 Å². The molecule has 0 saturated heterocycles. The molecule has 1 aliphatic carbocycles. The fourth-order valence-corrected chi connectivity index (χ4v) is 3.96. The maximum atomic E-state index is 2.42.